The van der Waals surface area contributed by atoms with Gasteiger partial charge in [0.2, 0.25) is 0 Å². The van der Waals surface area contributed by atoms with E-state index in [1.807, 2.05) is 24.4 Å². The molecular weight excluding hydrogens is 265 g/mol. The molecule has 2 N–H and O–H groups in total. The van der Waals surface area contributed by atoms with E-state index in [-0.39, 0.29) is 5.82 Å². The monoisotopic (exact) mass is 283 g/mol. The zero-order valence-corrected chi connectivity index (χ0v) is 11.8. The highest BCUT2D eigenvalue weighted by atomic mass is 19.1. The number of nitrogens with zero attached hydrogens (tertiary/aromatic N) is 2. The zero-order valence-electron chi connectivity index (χ0n) is 11.8. The molecule has 2 aromatic heterocycles. The first-order valence-electron chi connectivity index (χ1n) is 7.17. The van der Waals surface area contributed by atoms with Crippen LogP contribution in [-0.4, -0.2) is 15.9 Å². The van der Waals surface area contributed by atoms with Crippen LogP contribution in [-0.2, 0) is 19.3 Å². The minimum absolute atomic E-state index is 0.190. The van der Waals surface area contributed by atoms with Gasteiger partial charge in [-0.05, 0) is 42.8 Å². The second kappa shape index (κ2) is 6.06. The molecule has 0 aliphatic carbocycles. The van der Waals surface area contributed by atoms with Crippen LogP contribution in [0.1, 0.15) is 17.1 Å². The molecule has 4 heteroatoms. The second-order valence-corrected chi connectivity index (χ2v) is 5.10. The molecule has 3 nitrogen and oxygen atoms in total. The van der Waals surface area contributed by atoms with Crippen molar-refractivity contribution in [2.45, 2.75) is 19.3 Å². The van der Waals surface area contributed by atoms with Crippen LogP contribution in [0.3, 0.4) is 0 Å². The van der Waals surface area contributed by atoms with Gasteiger partial charge in [-0.1, -0.05) is 18.2 Å². The summed E-state index contributed by atoms with van der Waals surface area (Å²) >= 11 is 0. The third-order valence-corrected chi connectivity index (χ3v) is 3.61. The lowest BCUT2D eigenvalue weighted by molar-refractivity contribution is 0.625. The highest BCUT2D eigenvalue weighted by Gasteiger charge is 2.10. The van der Waals surface area contributed by atoms with Gasteiger partial charge in [0.25, 0.3) is 0 Å². The molecule has 0 fully saturated rings. The fraction of sp³-hybridized carbons (Fsp3) is 0.235. The molecule has 3 rings (SSSR count). The summed E-state index contributed by atoms with van der Waals surface area (Å²) in [6.07, 6.45) is 4.34. The number of halogens is 1. The summed E-state index contributed by atoms with van der Waals surface area (Å²) in [4.78, 5) is 4.71. The van der Waals surface area contributed by atoms with E-state index in [4.69, 9.17) is 10.7 Å². The smallest absolute Gasteiger partial charge is 0.123 e. The maximum Gasteiger partial charge on any atom is 0.123 e. The molecule has 2 heterocycles. The van der Waals surface area contributed by atoms with Crippen LogP contribution in [0.15, 0.2) is 48.7 Å². The fourth-order valence-electron chi connectivity index (χ4n) is 2.62. The van der Waals surface area contributed by atoms with Gasteiger partial charge < -0.3 is 10.1 Å². The first kappa shape index (κ1) is 13.8. The molecule has 0 saturated carbocycles. The van der Waals surface area contributed by atoms with Crippen molar-refractivity contribution in [2.24, 2.45) is 5.73 Å². The molecule has 0 atom stereocenters. The lowest BCUT2D eigenvalue weighted by Crippen LogP contribution is -2.03. The molecule has 1 aromatic carbocycles. The molecule has 0 unspecified atom stereocenters. The van der Waals surface area contributed by atoms with Crippen LogP contribution >= 0.6 is 0 Å². The van der Waals surface area contributed by atoms with E-state index >= 15 is 0 Å². The SMILES string of the molecule is NCCc1nc(CCc2cccc(F)c2)n2ccccc12. The van der Waals surface area contributed by atoms with Crippen molar-refractivity contribution < 1.29 is 4.39 Å². The van der Waals surface area contributed by atoms with Crippen molar-refractivity contribution in [3.8, 4) is 0 Å². The average Bonchev–Trinajstić information content (AvgIpc) is 2.84. The summed E-state index contributed by atoms with van der Waals surface area (Å²) in [5.74, 6) is 0.808. The van der Waals surface area contributed by atoms with Gasteiger partial charge >= 0.3 is 0 Å². The Bertz CT molecular complexity index is 749. The van der Waals surface area contributed by atoms with E-state index < -0.39 is 0 Å². The fourth-order valence-corrected chi connectivity index (χ4v) is 2.62. The van der Waals surface area contributed by atoms with Crippen LogP contribution in [0, 0.1) is 5.82 Å². The van der Waals surface area contributed by atoms with Gasteiger partial charge in [0.1, 0.15) is 11.6 Å². The Kier molecular flexibility index (Phi) is 3.97. The Morgan fingerprint density at radius 1 is 1.05 bits per heavy atom. The van der Waals surface area contributed by atoms with Crippen LogP contribution < -0.4 is 5.73 Å². The Balaban J connectivity index is 1.86. The number of pyridine rings is 1. The minimum Gasteiger partial charge on any atom is -0.330 e. The molecule has 0 amide bonds. The number of hydrogen-bond acceptors (Lipinski definition) is 2. The topological polar surface area (TPSA) is 43.3 Å². The number of hydrogen-bond donors (Lipinski definition) is 1. The Morgan fingerprint density at radius 3 is 2.76 bits per heavy atom. The lowest BCUT2D eigenvalue weighted by Gasteiger charge is -2.02. The van der Waals surface area contributed by atoms with Crippen LogP contribution in [0.5, 0.6) is 0 Å². The van der Waals surface area contributed by atoms with Crippen molar-refractivity contribution in [3.63, 3.8) is 0 Å². The van der Waals surface area contributed by atoms with Gasteiger partial charge in [0, 0.05) is 19.0 Å². The van der Waals surface area contributed by atoms with E-state index in [0.29, 0.717) is 6.54 Å². The largest absolute Gasteiger partial charge is 0.330 e. The molecular formula is C17H18FN3. The average molecular weight is 283 g/mol. The van der Waals surface area contributed by atoms with Crippen molar-refractivity contribution >= 4 is 5.52 Å². The predicted octanol–water partition coefficient (Wildman–Crippen LogP) is 2.76. The van der Waals surface area contributed by atoms with E-state index in [1.54, 1.807) is 12.1 Å². The third-order valence-electron chi connectivity index (χ3n) is 3.61. The standard InChI is InChI=1S/C17H18FN3/c18-14-5-3-4-13(12-14)7-8-17-20-15(9-10-19)16-6-1-2-11-21(16)17/h1-6,11-12H,7-10,19H2. The zero-order chi connectivity index (χ0) is 14.7. The summed E-state index contributed by atoms with van der Waals surface area (Å²) in [6.45, 7) is 0.588. The van der Waals surface area contributed by atoms with E-state index in [1.165, 1.54) is 6.07 Å². The van der Waals surface area contributed by atoms with Gasteiger partial charge in [-0.15, -0.1) is 0 Å². The number of nitrogens with two attached hydrogens (primary N) is 1. The van der Waals surface area contributed by atoms with Crippen LogP contribution in [0.2, 0.25) is 0 Å². The normalized spacial score (nSPS) is 11.1. The minimum atomic E-state index is -0.190. The number of aryl methyl sites for hydroxylation is 2. The van der Waals surface area contributed by atoms with E-state index in [2.05, 4.69) is 10.5 Å². The molecule has 0 aliphatic rings. The second-order valence-electron chi connectivity index (χ2n) is 5.10. The van der Waals surface area contributed by atoms with E-state index in [9.17, 15) is 4.39 Å². The number of imidazole rings is 1. The quantitative estimate of drug-likeness (QED) is 0.782. The van der Waals surface area contributed by atoms with Gasteiger partial charge in [-0.2, -0.15) is 0 Å². The molecule has 21 heavy (non-hydrogen) atoms. The van der Waals surface area contributed by atoms with Gasteiger partial charge in [0.15, 0.2) is 0 Å². The first-order chi connectivity index (χ1) is 10.3. The maximum absolute atomic E-state index is 13.2. The molecule has 0 radical (unpaired) electrons. The van der Waals surface area contributed by atoms with Crippen molar-refractivity contribution in [2.75, 3.05) is 6.54 Å². The van der Waals surface area contributed by atoms with Gasteiger partial charge in [-0.3, -0.25) is 0 Å². The summed E-state index contributed by atoms with van der Waals surface area (Å²) in [6, 6.07) is 12.8. The van der Waals surface area contributed by atoms with Crippen molar-refractivity contribution in [1.82, 2.24) is 9.38 Å². The maximum atomic E-state index is 13.2. The highest BCUT2D eigenvalue weighted by molar-refractivity contribution is 5.53. The number of benzene rings is 1. The van der Waals surface area contributed by atoms with Gasteiger partial charge in [0.05, 0.1) is 11.2 Å². The molecule has 0 spiro atoms. The summed E-state index contributed by atoms with van der Waals surface area (Å²) in [5, 5.41) is 0. The van der Waals surface area contributed by atoms with Crippen molar-refractivity contribution in [3.05, 3.63) is 71.6 Å². The summed E-state index contributed by atoms with van der Waals surface area (Å²) < 4.78 is 15.3. The highest BCUT2D eigenvalue weighted by Crippen LogP contribution is 2.15. The number of fused-ring (bicyclic) bond motifs is 1. The summed E-state index contributed by atoms with van der Waals surface area (Å²) in [7, 11) is 0. The molecule has 0 saturated heterocycles. The molecule has 108 valence electrons. The van der Waals surface area contributed by atoms with Crippen LogP contribution in [0.4, 0.5) is 4.39 Å². The van der Waals surface area contributed by atoms with Crippen molar-refractivity contribution in [1.29, 1.82) is 0 Å². The predicted molar refractivity (Wildman–Crippen MR) is 81.8 cm³/mol. The Hall–Kier alpha value is -2.20. The lowest BCUT2D eigenvalue weighted by atomic mass is 10.1. The summed E-state index contributed by atoms with van der Waals surface area (Å²) in [5.41, 5.74) is 8.78. The Labute approximate surface area is 123 Å². The Morgan fingerprint density at radius 2 is 1.95 bits per heavy atom. The van der Waals surface area contributed by atoms with Gasteiger partial charge in [-0.25, -0.2) is 9.37 Å². The molecule has 0 bridgehead atoms. The number of aromatic nitrogens is 2. The van der Waals surface area contributed by atoms with Crippen LogP contribution in [0.25, 0.3) is 5.52 Å². The third kappa shape index (κ3) is 2.95. The number of rotatable bonds is 5. The first-order valence-corrected chi connectivity index (χ1v) is 7.17. The van der Waals surface area contributed by atoms with E-state index in [0.717, 1.165) is 41.9 Å². The molecule has 3 aromatic rings. The molecule has 0 aliphatic heterocycles.